The minimum atomic E-state index is -0.0716. The van der Waals surface area contributed by atoms with Crippen LogP contribution in [0.3, 0.4) is 0 Å². The highest BCUT2D eigenvalue weighted by atomic mass is 35.5. The fourth-order valence-corrected chi connectivity index (χ4v) is 3.09. The molecule has 0 unspecified atom stereocenters. The van der Waals surface area contributed by atoms with Gasteiger partial charge in [0.1, 0.15) is 5.75 Å². The number of aryl methyl sites for hydroxylation is 1. The molecule has 2 aromatic rings. The zero-order valence-electron chi connectivity index (χ0n) is 12.6. The van der Waals surface area contributed by atoms with Gasteiger partial charge in [-0.05, 0) is 49.1 Å². The molecule has 1 aromatic carbocycles. The number of methoxy groups -OCH3 is 1. The Bertz CT molecular complexity index is 731. The van der Waals surface area contributed by atoms with Crippen molar-refractivity contribution in [2.24, 2.45) is 0 Å². The fourth-order valence-electron chi connectivity index (χ4n) is 2.85. The summed E-state index contributed by atoms with van der Waals surface area (Å²) in [4.78, 5) is 18.7. The Hall–Kier alpha value is -2.07. The first-order chi connectivity index (χ1) is 10.6. The summed E-state index contributed by atoms with van der Waals surface area (Å²) in [5, 5.41) is 0.677. The number of carbonyl (C=O) groups excluding carboxylic acids is 1. The van der Waals surface area contributed by atoms with E-state index < -0.39 is 0 Å². The lowest BCUT2D eigenvalue weighted by Crippen LogP contribution is -2.36. The Morgan fingerprint density at radius 2 is 2.18 bits per heavy atom. The molecule has 1 aliphatic heterocycles. The molecule has 0 aliphatic carbocycles. The summed E-state index contributed by atoms with van der Waals surface area (Å²) < 4.78 is 5.44. The van der Waals surface area contributed by atoms with Gasteiger partial charge in [0.2, 0.25) is 0 Å². The molecule has 0 fully saturated rings. The van der Waals surface area contributed by atoms with Crippen molar-refractivity contribution >= 4 is 23.2 Å². The van der Waals surface area contributed by atoms with Crippen LogP contribution in [0.25, 0.3) is 0 Å². The highest BCUT2D eigenvalue weighted by Gasteiger charge is 2.28. The molecule has 0 saturated heterocycles. The van der Waals surface area contributed by atoms with Crippen molar-refractivity contribution in [3.63, 3.8) is 0 Å². The monoisotopic (exact) mass is 316 g/mol. The standard InChI is InChI=1S/C17H17ClN2O2/c1-11-8-12(10-19-9-11)17(21)20-7-3-4-13-14(18)5-6-15(22-2)16(13)20/h5-6,8-10H,3-4,7H2,1-2H3. The molecule has 0 bridgehead atoms. The number of ether oxygens (including phenoxy) is 1. The maximum Gasteiger partial charge on any atom is 0.259 e. The van der Waals surface area contributed by atoms with Gasteiger partial charge in [-0.15, -0.1) is 0 Å². The highest BCUT2D eigenvalue weighted by molar-refractivity contribution is 6.32. The van der Waals surface area contributed by atoms with E-state index in [-0.39, 0.29) is 5.91 Å². The van der Waals surface area contributed by atoms with Crippen LogP contribution >= 0.6 is 11.6 Å². The number of carbonyl (C=O) groups is 1. The van der Waals surface area contributed by atoms with Crippen LogP contribution in [-0.2, 0) is 6.42 Å². The molecule has 1 aliphatic rings. The Morgan fingerprint density at radius 3 is 2.91 bits per heavy atom. The number of benzene rings is 1. The average Bonchev–Trinajstić information content (AvgIpc) is 2.54. The van der Waals surface area contributed by atoms with Gasteiger partial charge in [0.25, 0.3) is 5.91 Å². The van der Waals surface area contributed by atoms with Crippen molar-refractivity contribution in [2.45, 2.75) is 19.8 Å². The van der Waals surface area contributed by atoms with Gasteiger partial charge in [0.05, 0.1) is 18.4 Å². The Labute approximate surface area is 134 Å². The summed E-state index contributed by atoms with van der Waals surface area (Å²) >= 11 is 6.31. The third-order valence-electron chi connectivity index (χ3n) is 3.85. The molecule has 22 heavy (non-hydrogen) atoms. The molecule has 0 atom stereocenters. The second-order valence-electron chi connectivity index (χ2n) is 5.39. The summed E-state index contributed by atoms with van der Waals surface area (Å²) in [7, 11) is 1.61. The number of hydrogen-bond acceptors (Lipinski definition) is 3. The van der Waals surface area contributed by atoms with E-state index in [1.165, 1.54) is 0 Å². The molecule has 0 spiro atoms. The van der Waals surface area contributed by atoms with Gasteiger partial charge in [0, 0.05) is 24.0 Å². The molecule has 0 N–H and O–H groups in total. The lowest BCUT2D eigenvalue weighted by atomic mass is 10.00. The van der Waals surface area contributed by atoms with E-state index >= 15 is 0 Å². The SMILES string of the molecule is COc1ccc(Cl)c2c1N(C(=O)c1cncc(C)c1)CCC2. The van der Waals surface area contributed by atoms with Gasteiger partial charge >= 0.3 is 0 Å². The van der Waals surface area contributed by atoms with Gasteiger partial charge in [-0.2, -0.15) is 0 Å². The molecule has 3 rings (SSSR count). The van der Waals surface area contributed by atoms with Gasteiger partial charge in [-0.1, -0.05) is 11.6 Å². The van der Waals surface area contributed by atoms with Crippen LogP contribution in [0, 0.1) is 6.92 Å². The number of amides is 1. The molecule has 0 saturated carbocycles. The van der Waals surface area contributed by atoms with E-state index in [1.54, 1.807) is 30.5 Å². The lowest BCUT2D eigenvalue weighted by Gasteiger charge is -2.31. The molecule has 114 valence electrons. The van der Waals surface area contributed by atoms with Crippen LogP contribution in [0.2, 0.25) is 5.02 Å². The molecule has 1 aromatic heterocycles. The molecule has 1 amide bonds. The largest absolute Gasteiger partial charge is 0.495 e. The Balaban J connectivity index is 2.08. The molecular formula is C17H17ClN2O2. The van der Waals surface area contributed by atoms with Crippen molar-refractivity contribution < 1.29 is 9.53 Å². The molecule has 2 heterocycles. The topological polar surface area (TPSA) is 42.4 Å². The summed E-state index contributed by atoms with van der Waals surface area (Å²) in [5.41, 5.74) is 3.30. The smallest absolute Gasteiger partial charge is 0.259 e. The second kappa shape index (κ2) is 5.97. The number of halogens is 1. The van der Waals surface area contributed by atoms with Crippen LogP contribution in [0.15, 0.2) is 30.6 Å². The molecule has 4 nitrogen and oxygen atoms in total. The number of pyridine rings is 1. The summed E-state index contributed by atoms with van der Waals surface area (Å²) in [5.74, 6) is 0.603. The summed E-state index contributed by atoms with van der Waals surface area (Å²) in [6, 6.07) is 5.48. The van der Waals surface area contributed by atoms with Crippen LogP contribution in [0.4, 0.5) is 5.69 Å². The van der Waals surface area contributed by atoms with E-state index in [0.717, 1.165) is 29.7 Å². The normalized spacial score (nSPS) is 13.7. The predicted molar refractivity (Wildman–Crippen MR) is 87.0 cm³/mol. The van der Waals surface area contributed by atoms with E-state index in [4.69, 9.17) is 16.3 Å². The maximum absolute atomic E-state index is 12.9. The van der Waals surface area contributed by atoms with Crippen molar-refractivity contribution in [1.29, 1.82) is 0 Å². The van der Waals surface area contributed by atoms with Crippen molar-refractivity contribution in [3.05, 3.63) is 52.3 Å². The van der Waals surface area contributed by atoms with Crippen LogP contribution in [0.5, 0.6) is 5.75 Å². The third kappa shape index (κ3) is 2.55. The number of aromatic nitrogens is 1. The van der Waals surface area contributed by atoms with E-state index in [1.807, 2.05) is 19.1 Å². The Morgan fingerprint density at radius 1 is 1.36 bits per heavy atom. The first-order valence-electron chi connectivity index (χ1n) is 7.20. The van der Waals surface area contributed by atoms with Gasteiger partial charge < -0.3 is 9.64 Å². The quantitative estimate of drug-likeness (QED) is 0.849. The van der Waals surface area contributed by atoms with E-state index in [9.17, 15) is 4.79 Å². The molecular weight excluding hydrogens is 300 g/mol. The van der Waals surface area contributed by atoms with Crippen molar-refractivity contribution in [3.8, 4) is 5.75 Å². The first-order valence-corrected chi connectivity index (χ1v) is 7.58. The minimum Gasteiger partial charge on any atom is -0.495 e. The number of nitrogens with zero attached hydrogens (tertiary/aromatic N) is 2. The van der Waals surface area contributed by atoms with Gasteiger partial charge in [0.15, 0.2) is 0 Å². The first kappa shape index (κ1) is 14.9. The van der Waals surface area contributed by atoms with E-state index in [0.29, 0.717) is 22.9 Å². The number of rotatable bonds is 2. The van der Waals surface area contributed by atoms with Crippen LogP contribution in [0.1, 0.15) is 27.9 Å². The van der Waals surface area contributed by atoms with E-state index in [2.05, 4.69) is 4.98 Å². The average molecular weight is 317 g/mol. The highest BCUT2D eigenvalue weighted by Crippen LogP contribution is 2.40. The van der Waals surface area contributed by atoms with Gasteiger partial charge in [-0.25, -0.2) is 0 Å². The summed E-state index contributed by atoms with van der Waals surface area (Å²) in [6.45, 7) is 2.57. The zero-order valence-corrected chi connectivity index (χ0v) is 13.4. The lowest BCUT2D eigenvalue weighted by molar-refractivity contribution is 0.0984. The van der Waals surface area contributed by atoms with Crippen LogP contribution < -0.4 is 9.64 Å². The second-order valence-corrected chi connectivity index (χ2v) is 5.80. The van der Waals surface area contributed by atoms with Crippen LogP contribution in [-0.4, -0.2) is 24.5 Å². The predicted octanol–water partition coefficient (Wildman–Crippen LogP) is 3.65. The molecule has 5 heteroatoms. The van der Waals surface area contributed by atoms with Gasteiger partial charge in [-0.3, -0.25) is 9.78 Å². The number of hydrogen-bond donors (Lipinski definition) is 0. The fraction of sp³-hybridized carbons (Fsp3) is 0.294. The third-order valence-corrected chi connectivity index (χ3v) is 4.21. The summed E-state index contributed by atoms with van der Waals surface area (Å²) in [6.07, 6.45) is 5.06. The molecule has 0 radical (unpaired) electrons. The zero-order chi connectivity index (χ0) is 15.7. The minimum absolute atomic E-state index is 0.0716. The number of anilines is 1. The maximum atomic E-state index is 12.9. The number of fused-ring (bicyclic) bond motifs is 1. The van der Waals surface area contributed by atoms with Crippen molar-refractivity contribution in [2.75, 3.05) is 18.6 Å². The Kier molecular flexibility index (Phi) is 4.03. The van der Waals surface area contributed by atoms with Crippen molar-refractivity contribution in [1.82, 2.24) is 4.98 Å².